The number of nitrogens with zero attached hydrogens (tertiary/aromatic N) is 1. The molecule has 5 rings (SSSR count). The molecule has 0 fully saturated rings. The number of para-hydroxylation sites is 1. The summed E-state index contributed by atoms with van der Waals surface area (Å²) in [5.74, 6) is 0. The van der Waals surface area contributed by atoms with Crippen molar-refractivity contribution >= 4 is 21.7 Å². The van der Waals surface area contributed by atoms with E-state index in [2.05, 4.69) is 109 Å². The van der Waals surface area contributed by atoms with E-state index in [1.54, 1.807) is 0 Å². The molecule has 0 bridgehead atoms. The van der Waals surface area contributed by atoms with Crippen LogP contribution >= 0.6 is 0 Å². The second-order valence-corrected chi connectivity index (χ2v) is 7.42. The molecule has 0 saturated heterocycles. The van der Waals surface area contributed by atoms with Gasteiger partial charge in [-0.2, -0.15) is 17.7 Å². The molecule has 1 aromatic heterocycles. The zero-order valence-electron chi connectivity index (χ0n) is 18.0. The van der Waals surface area contributed by atoms with E-state index in [-0.39, 0.29) is 50.7 Å². The van der Waals surface area contributed by atoms with Crippen LogP contribution in [-0.4, -0.2) is 4.57 Å². The van der Waals surface area contributed by atoms with E-state index in [1.165, 1.54) is 57.9 Å². The Balaban J connectivity index is 0.000000348. The van der Waals surface area contributed by atoms with Crippen molar-refractivity contribution in [3.8, 4) is 5.69 Å². The van der Waals surface area contributed by atoms with Gasteiger partial charge >= 0.3 is 25.8 Å². The van der Waals surface area contributed by atoms with Crippen LogP contribution in [0, 0.1) is 6.92 Å². The van der Waals surface area contributed by atoms with Crippen molar-refractivity contribution in [2.75, 3.05) is 0 Å². The molecule has 0 radical (unpaired) electrons. The maximum atomic E-state index is 2.33. The average Bonchev–Trinajstić information content (AvgIpc) is 3.44. The van der Waals surface area contributed by atoms with Crippen LogP contribution in [0.3, 0.4) is 0 Å². The van der Waals surface area contributed by atoms with Crippen molar-refractivity contribution in [2.45, 2.75) is 33.1 Å². The summed E-state index contributed by atoms with van der Waals surface area (Å²) in [5.41, 5.74) is 5.28. The number of fused-ring (bicyclic) bond motifs is 2. The van der Waals surface area contributed by atoms with E-state index in [1.807, 2.05) is 0 Å². The first-order valence-electron chi connectivity index (χ1n) is 10.2. The van der Waals surface area contributed by atoms with Gasteiger partial charge < -0.3 is 29.4 Å². The van der Waals surface area contributed by atoms with Gasteiger partial charge in [0.15, 0.2) is 0 Å². The average molecular weight is 615 g/mol. The summed E-state index contributed by atoms with van der Waals surface area (Å²) in [4.78, 5) is 0. The van der Waals surface area contributed by atoms with Gasteiger partial charge in [-0.3, -0.25) is 0 Å². The number of halogens is 2. The number of unbranched alkanes of at least 4 members (excludes halogenated alkanes) is 1. The predicted octanol–water partition coefficient (Wildman–Crippen LogP) is 1.56. The molecule has 1 nitrogen and oxygen atoms in total. The summed E-state index contributed by atoms with van der Waals surface area (Å²) in [7, 11) is 0. The Kier molecular flexibility index (Phi) is 11.5. The molecular formula is C27H27Cl2HfN. The van der Waals surface area contributed by atoms with Crippen LogP contribution in [0.1, 0.15) is 31.0 Å². The predicted molar refractivity (Wildman–Crippen MR) is 122 cm³/mol. The van der Waals surface area contributed by atoms with E-state index in [0.717, 1.165) is 0 Å². The van der Waals surface area contributed by atoms with E-state index in [9.17, 15) is 0 Å². The van der Waals surface area contributed by atoms with E-state index < -0.39 is 0 Å². The van der Waals surface area contributed by atoms with Crippen LogP contribution in [0.5, 0.6) is 0 Å². The van der Waals surface area contributed by atoms with Crippen LogP contribution in [0.25, 0.3) is 27.4 Å². The molecule has 0 N–H and O–H groups in total. The molecule has 4 aromatic carbocycles. The standard InChI is InChI=1S/C18H14N.C9H13.2ClH.Hf/c1-13-10-16-8-4-5-9-18(16)19(13)17-11-14-6-2-3-7-15(14)12-17;1-2-3-6-9-7-4-5-8-9;;;/h2-12H,1H3;4-5,7-8H,2-3,6H2,1H3;2*1H;/q2*-1;;;+4/p-2. The molecule has 0 unspecified atom stereocenters. The minimum absolute atomic E-state index is 0. The molecule has 0 spiro atoms. The smallest absolute Gasteiger partial charge is 1.00 e. The van der Waals surface area contributed by atoms with Gasteiger partial charge in [-0.05, 0) is 24.7 Å². The van der Waals surface area contributed by atoms with Crippen LogP contribution < -0.4 is 24.8 Å². The van der Waals surface area contributed by atoms with Crippen molar-refractivity contribution in [3.05, 3.63) is 102 Å². The molecule has 4 heteroatoms. The van der Waals surface area contributed by atoms with Gasteiger partial charge in [-0.25, -0.2) is 12.1 Å². The fraction of sp³-hybridized carbons (Fsp3) is 0.185. The fourth-order valence-electron chi connectivity index (χ4n) is 3.86. The van der Waals surface area contributed by atoms with E-state index in [0.29, 0.717) is 0 Å². The number of rotatable bonds is 4. The maximum Gasteiger partial charge on any atom is 4.00 e. The Bertz CT molecular complexity index is 1140. The van der Waals surface area contributed by atoms with Crippen molar-refractivity contribution in [1.29, 1.82) is 0 Å². The summed E-state index contributed by atoms with van der Waals surface area (Å²) in [6.07, 6.45) is 3.87. The van der Waals surface area contributed by atoms with E-state index >= 15 is 0 Å². The first kappa shape index (κ1) is 27.4. The summed E-state index contributed by atoms with van der Waals surface area (Å²) in [6.45, 7) is 4.39. The Morgan fingerprint density at radius 1 is 0.839 bits per heavy atom. The summed E-state index contributed by atoms with van der Waals surface area (Å²) >= 11 is 0. The van der Waals surface area contributed by atoms with Crippen molar-refractivity contribution in [2.24, 2.45) is 0 Å². The second kappa shape index (κ2) is 13.1. The van der Waals surface area contributed by atoms with Gasteiger partial charge in [0.1, 0.15) is 0 Å². The number of hydrogen-bond donors (Lipinski definition) is 0. The Morgan fingerprint density at radius 2 is 1.48 bits per heavy atom. The molecule has 0 aliphatic carbocycles. The van der Waals surface area contributed by atoms with Gasteiger partial charge in [0.25, 0.3) is 0 Å². The fourth-order valence-corrected chi connectivity index (χ4v) is 3.86. The Labute approximate surface area is 216 Å². The Morgan fingerprint density at radius 3 is 2.16 bits per heavy atom. The van der Waals surface area contributed by atoms with Crippen LogP contribution in [0.15, 0.2) is 91.0 Å². The molecule has 0 amide bonds. The number of benzene rings is 2. The van der Waals surface area contributed by atoms with Crippen LogP contribution in [-0.2, 0) is 32.3 Å². The van der Waals surface area contributed by atoms with Gasteiger partial charge in [0, 0.05) is 11.1 Å². The van der Waals surface area contributed by atoms with Crippen LogP contribution in [0.4, 0.5) is 0 Å². The molecule has 0 atom stereocenters. The molecule has 31 heavy (non-hydrogen) atoms. The number of aryl methyl sites for hydroxylation is 2. The molecule has 158 valence electrons. The molecule has 0 aliphatic heterocycles. The third kappa shape index (κ3) is 6.44. The zero-order chi connectivity index (χ0) is 19.3. The largest absolute Gasteiger partial charge is 4.00 e. The molecule has 1 heterocycles. The summed E-state index contributed by atoms with van der Waals surface area (Å²) in [5, 5.41) is 3.90. The third-order valence-corrected chi connectivity index (χ3v) is 5.31. The van der Waals surface area contributed by atoms with Gasteiger partial charge in [0.05, 0.1) is 5.52 Å². The summed E-state index contributed by atoms with van der Waals surface area (Å²) < 4.78 is 2.33. The second-order valence-electron chi connectivity index (χ2n) is 7.42. The zero-order valence-corrected chi connectivity index (χ0v) is 23.1. The first-order valence-corrected chi connectivity index (χ1v) is 10.2. The SMILES string of the molecule is CCCC[c-]1cccc1.Cc1cc2ccccc2n1-c1cc2ccccc2[cH-]1.[Cl-].[Cl-].[Hf+4]. The van der Waals surface area contributed by atoms with Crippen LogP contribution in [0.2, 0.25) is 0 Å². The minimum Gasteiger partial charge on any atom is -1.00 e. The minimum atomic E-state index is 0. The molecular weight excluding hydrogens is 588 g/mol. The first-order chi connectivity index (χ1) is 13.8. The number of aromatic nitrogens is 1. The third-order valence-electron chi connectivity index (χ3n) is 5.31. The van der Waals surface area contributed by atoms with Gasteiger partial charge in [-0.1, -0.05) is 50.5 Å². The molecule has 0 aliphatic rings. The van der Waals surface area contributed by atoms with Gasteiger partial charge in [-0.15, -0.1) is 41.1 Å². The molecule has 0 saturated carbocycles. The molecule has 5 aromatic rings. The topological polar surface area (TPSA) is 4.93 Å². The van der Waals surface area contributed by atoms with Crippen molar-refractivity contribution in [3.63, 3.8) is 0 Å². The maximum absolute atomic E-state index is 2.33. The number of hydrogen-bond acceptors (Lipinski definition) is 0. The normalized spacial score (nSPS) is 9.87. The van der Waals surface area contributed by atoms with Crippen molar-refractivity contribution < 1.29 is 50.7 Å². The quantitative estimate of drug-likeness (QED) is 0.214. The monoisotopic (exact) mass is 615 g/mol. The van der Waals surface area contributed by atoms with E-state index in [4.69, 9.17) is 0 Å². The summed E-state index contributed by atoms with van der Waals surface area (Å²) in [6, 6.07) is 32.4. The Hall–Kier alpha value is -1.61. The van der Waals surface area contributed by atoms with Gasteiger partial charge in [0.2, 0.25) is 0 Å². The van der Waals surface area contributed by atoms with Crippen molar-refractivity contribution in [1.82, 2.24) is 4.57 Å².